The van der Waals surface area contributed by atoms with E-state index in [9.17, 15) is 0 Å². The van der Waals surface area contributed by atoms with Crippen LogP contribution in [-0.2, 0) is 0 Å². The van der Waals surface area contributed by atoms with Crippen molar-refractivity contribution in [1.29, 1.82) is 0 Å². The van der Waals surface area contributed by atoms with Gasteiger partial charge in [-0.15, -0.1) is 0 Å². The molecule has 0 fully saturated rings. The van der Waals surface area contributed by atoms with Crippen molar-refractivity contribution in [2.45, 2.75) is 26.3 Å². The molecule has 0 saturated carbocycles. The van der Waals surface area contributed by atoms with Crippen molar-refractivity contribution in [3.8, 4) is 0 Å². The maximum atomic E-state index is 5.88. The van der Waals surface area contributed by atoms with Crippen LogP contribution in [0.1, 0.15) is 26.3 Å². The Labute approximate surface area is 87.6 Å². The predicted molar refractivity (Wildman–Crippen MR) is 59.8 cm³/mol. The molecule has 0 bridgehead atoms. The van der Waals surface area contributed by atoms with Gasteiger partial charge >= 0.3 is 0 Å². The number of hydrogen-bond donors (Lipinski definition) is 1. The molecule has 0 atom stereocenters. The second kappa shape index (κ2) is 4.11. The molecule has 4 heteroatoms. The van der Waals surface area contributed by atoms with Gasteiger partial charge in [0.05, 0.1) is 11.2 Å². The fraction of sp³-hybridized carbons (Fsp3) is 0.444. The fourth-order valence-electron chi connectivity index (χ4n) is 0.679. The highest BCUT2D eigenvalue weighted by atomic mass is 35.5. The first kappa shape index (κ1) is 10.5. The number of hydrazone groups is 1. The maximum absolute atomic E-state index is 5.88. The van der Waals surface area contributed by atoms with Crippen molar-refractivity contribution in [2.75, 3.05) is 0 Å². The summed E-state index contributed by atoms with van der Waals surface area (Å²) in [5, 5.41) is 8.70. The van der Waals surface area contributed by atoms with Crippen molar-refractivity contribution in [1.82, 2.24) is 5.43 Å². The minimum Gasteiger partial charge on any atom is -0.305 e. The van der Waals surface area contributed by atoms with Crippen molar-refractivity contribution in [3.63, 3.8) is 0 Å². The summed E-state index contributed by atoms with van der Waals surface area (Å²) in [5.41, 5.74) is 3.96. The molecule has 13 heavy (non-hydrogen) atoms. The van der Waals surface area contributed by atoms with Crippen LogP contribution in [0, 0.1) is 0 Å². The third kappa shape index (κ3) is 3.79. The molecule has 0 unspecified atom stereocenters. The Kier molecular flexibility index (Phi) is 3.33. The monoisotopic (exact) mass is 216 g/mol. The Bertz CT molecular complexity index is 299. The van der Waals surface area contributed by atoms with E-state index in [0.717, 1.165) is 10.6 Å². The Morgan fingerprint density at radius 3 is 2.62 bits per heavy atom. The van der Waals surface area contributed by atoms with Gasteiger partial charge in [-0.2, -0.15) is 16.4 Å². The summed E-state index contributed by atoms with van der Waals surface area (Å²) in [5.74, 6) is 0. The van der Waals surface area contributed by atoms with E-state index in [4.69, 9.17) is 11.6 Å². The van der Waals surface area contributed by atoms with E-state index in [1.165, 1.54) is 0 Å². The van der Waals surface area contributed by atoms with Crippen LogP contribution in [0.15, 0.2) is 15.9 Å². The summed E-state index contributed by atoms with van der Waals surface area (Å²) < 4.78 is 0. The van der Waals surface area contributed by atoms with Crippen molar-refractivity contribution < 1.29 is 0 Å². The van der Waals surface area contributed by atoms with Crippen LogP contribution in [-0.4, -0.2) is 11.8 Å². The number of halogens is 1. The lowest BCUT2D eigenvalue weighted by molar-refractivity contribution is 0.442. The van der Waals surface area contributed by atoms with Crippen molar-refractivity contribution >= 4 is 29.2 Å². The van der Waals surface area contributed by atoms with E-state index in [1.807, 2.05) is 10.8 Å². The van der Waals surface area contributed by atoms with Crippen molar-refractivity contribution in [3.05, 3.63) is 21.3 Å². The second-order valence-corrected chi connectivity index (χ2v) is 4.95. The zero-order valence-corrected chi connectivity index (χ0v) is 9.54. The molecular formula is C9H13ClN2S. The number of nitrogens with zero attached hydrogens (tertiary/aromatic N) is 1. The SMILES string of the molecule is CC(C)(C)N/N=C/c1cscc1Cl. The first-order valence-electron chi connectivity index (χ1n) is 4.01. The smallest absolute Gasteiger partial charge is 0.0601 e. The van der Waals surface area contributed by atoms with Gasteiger partial charge in [0.25, 0.3) is 0 Å². The van der Waals surface area contributed by atoms with Crippen LogP contribution in [0.4, 0.5) is 0 Å². The molecule has 0 aliphatic rings. The molecule has 0 saturated heterocycles. The topological polar surface area (TPSA) is 24.4 Å². The third-order valence-corrected chi connectivity index (χ3v) is 2.46. The van der Waals surface area contributed by atoms with Gasteiger partial charge in [-0.1, -0.05) is 11.6 Å². The molecule has 72 valence electrons. The average Bonchev–Trinajstić information content (AvgIpc) is 2.34. The molecule has 0 radical (unpaired) electrons. The standard InChI is InChI=1S/C9H13ClN2S/c1-9(2,3)12-11-4-7-5-13-6-8(7)10/h4-6,12H,1-3H3/b11-4+. The Hall–Kier alpha value is -0.540. The van der Waals surface area contributed by atoms with E-state index < -0.39 is 0 Å². The lowest BCUT2D eigenvalue weighted by atomic mass is 10.1. The summed E-state index contributed by atoms with van der Waals surface area (Å²) in [4.78, 5) is 0. The summed E-state index contributed by atoms with van der Waals surface area (Å²) in [6, 6.07) is 0. The molecule has 0 aliphatic carbocycles. The van der Waals surface area contributed by atoms with E-state index in [1.54, 1.807) is 17.6 Å². The average molecular weight is 217 g/mol. The van der Waals surface area contributed by atoms with E-state index in [2.05, 4.69) is 31.3 Å². The lowest BCUT2D eigenvalue weighted by Crippen LogP contribution is -2.31. The zero-order chi connectivity index (χ0) is 9.90. The Morgan fingerprint density at radius 1 is 1.46 bits per heavy atom. The summed E-state index contributed by atoms with van der Waals surface area (Å²) in [6.45, 7) is 6.17. The highest BCUT2D eigenvalue weighted by Crippen LogP contribution is 2.18. The van der Waals surface area contributed by atoms with Gasteiger partial charge in [0.2, 0.25) is 0 Å². The van der Waals surface area contributed by atoms with Gasteiger partial charge < -0.3 is 5.43 Å². The maximum Gasteiger partial charge on any atom is 0.0601 e. The van der Waals surface area contributed by atoms with Crippen LogP contribution >= 0.6 is 22.9 Å². The molecule has 1 rings (SSSR count). The van der Waals surface area contributed by atoms with Gasteiger partial charge in [0.1, 0.15) is 0 Å². The van der Waals surface area contributed by atoms with Crippen LogP contribution in [0.25, 0.3) is 0 Å². The van der Waals surface area contributed by atoms with Crippen LogP contribution < -0.4 is 5.43 Å². The first-order valence-corrected chi connectivity index (χ1v) is 5.33. The third-order valence-electron chi connectivity index (χ3n) is 1.25. The zero-order valence-electron chi connectivity index (χ0n) is 7.97. The molecular weight excluding hydrogens is 204 g/mol. The Morgan fingerprint density at radius 2 is 2.15 bits per heavy atom. The van der Waals surface area contributed by atoms with Crippen LogP contribution in [0.3, 0.4) is 0 Å². The normalized spacial score (nSPS) is 12.3. The summed E-state index contributed by atoms with van der Waals surface area (Å²) in [7, 11) is 0. The number of hydrogen-bond acceptors (Lipinski definition) is 3. The van der Waals surface area contributed by atoms with E-state index in [0.29, 0.717) is 0 Å². The Balaban J connectivity index is 2.55. The molecule has 1 heterocycles. The second-order valence-electron chi connectivity index (χ2n) is 3.80. The minimum atomic E-state index is -0.000994. The summed E-state index contributed by atoms with van der Waals surface area (Å²) >= 11 is 7.45. The van der Waals surface area contributed by atoms with Crippen LogP contribution in [0.2, 0.25) is 5.02 Å². The van der Waals surface area contributed by atoms with Crippen molar-refractivity contribution in [2.24, 2.45) is 5.10 Å². The predicted octanol–water partition coefficient (Wildman–Crippen LogP) is 3.12. The van der Waals surface area contributed by atoms with Gasteiger partial charge in [0.15, 0.2) is 0 Å². The quantitative estimate of drug-likeness (QED) is 0.596. The lowest BCUT2D eigenvalue weighted by Gasteiger charge is -2.16. The van der Waals surface area contributed by atoms with Gasteiger partial charge in [-0.05, 0) is 20.8 Å². The highest BCUT2D eigenvalue weighted by Gasteiger charge is 2.05. The fourth-order valence-corrected chi connectivity index (χ4v) is 1.66. The molecule has 0 amide bonds. The number of nitrogens with one attached hydrogen (secondary N) is 1. The number of rotatable bonds is 2. The molecule has 1 N–H and O–H groups in total. The number of thiophene rings is 1. The molecule has 0 spiro atoms. The molecule has 1 aromatic heterocycles. The summed E-state index contributed by atoms with van der Waals surface area (Å²) in [6.07, 6.45) is 1.74. The molecule has 1 aromatic rings. The molecule has 0 aliphatic heterocycles. The van der Waals surface area contributed by atoms with E-state index >= 15 is 0 Å². The largest absolute Gasteiger partial charge is 0.305 e. The van der Waals surface area contributed by atoms with Gasteiger partial charge in [-0.25, -0.2) is 0 Å². The van der Waals surface area contributed by atoms with Gasteiger partial charge in [0, 0.05) is 21.9 Å². The van der Waals surface area contributed by atoms with Gasteiger partial charge in [-0.3, -0.25) is 0 Å². The molecule has 0 aromatic carbocycles. The van der Waals surface area contributed by atoms with E-state index in [-0.39, 0.29) is 5.54 Å². The highest BCUT2D eigenvalue weighted by molar-refractivity contribution is 7.08. The molecule has 2 nitrogen and oxygen atoms in total. The van der Waals surface area contributed by atoms with Crippen LogP contribution in [0.5, 0.6) is 0 Å². The minimum absolute atomic E-state index is 0.000994. The first-order chi connectivity index (χ1) is 5.99.